The van der Waals surface area contributed by atoms with Crippen LogP contribution in [-0.4, -0.2) is 46.1 Å². The number of nitrogens with one attached hydrogen (secondary N) is 1. The molecule has 1 aromatic heterocycles. The summed E-state index contributed by atoms with van der Waals surface area (Å²) in [5.74, 6) is -0.0428. The highest BCUT2D eigenvalue weighted by molar-refractivity contribution is 5.92. The van der Waals surface area contributed by atoms with Gasteiger partial charge in [0.05, 0.1) is 12.6 Å². The van der Waals surface area contributed by atoms with Crippen molar-refractivity contribution in [1.29, 1.82) is 0 Å². The molecular weight excluding hydrogens is 242 g/mol. The smallest absolute Gasteiger partial charge is 0.238 e. The maximum absolute atomic E-state index is 12.0. The standard InChI is InChI=1S/C14H21N3O2/c1-11(18)13-4-2-3-9-17(13)10-14(19)16-12-5-7-15-8-6-12/h5-8,11,13,18H,2-4,9-10H2,1H3,(H,15,16,19). The van der Waals surface area contributed by atoms with E-state index in [-0.39, 0.29) is 11.9 Å². The number of aliphatic hydroxyl groups is 1. The summed E-state index contributed by atoms with van der Waals surface area (Å²) in [5.41, 5.74) is 0.755. The number of nitrogens with zero attached hydrogens (tertiary/aromatic N) is 2. The Morgan fingerprint density at radius 2 is 2.26 bits per heavy atom. The number of aliphatic hydroxyl groups excluding tert-OH is 1. The van der Waals surface area contributed by atoms with Gasteiger partial charge in [0.25, 0.3) is 0 Å². The van der Waals surface area contributed by atoms with E-state index in [1.54, 1.807) is 31.5 Å². The molecule has 0 bridgehead atoms. The lowest BCUT2D eigenvalue weighted by Crippen LogP contribution is -2.48. The number of hydrogen-bond acceptors (Lipinski definition) is 4. The summed E-state index contributed by atoms with van der Waals surface area (Å²) in [7, 11) is 0. The molecule has 1 aromatic rings. The second-order valence-corrected chi connectivity index (χ2v) is 5.06. The Balaban J connectivity index is 1.90. The van der Waals surface area contributed by atoms with E-state index < -0.39 is 6.10 Å². The zero-order chi connectivity index (χ0) is 13.7. The van der Waals surface area contributed by atoms with E-state index in [1.165, 1.54) is 0 Å². The molecule has 2 heterocycles. The molecule has 1 saturated heterocycles. The minimum absolute atomic E-state index is 0.0428. The van der Waals surface area contributed by atoms with E-state index in [0.717, 1.165) is 31.5 Å². The number of aromatic nitrogens is 1. The quantitative estimate of drug-likeness (QED) is 0.858. The number of pyridine rings is 1. The number of likely N-dealkylation sites (tertiary alicyclic amines) is 1. The molecule has 19 heavy (non-hydrogen) atoms. The van der Waals surface area contributed by atoms with Gasteiger partial charge in [-0.25, -0.2) is 0 Å². The van der Waals surface area contributed by atoms with Gasteiger partial charge in [-0.05, 0) is 38.4 Å². The maximum atomic E-state index is 12.0. The van der Waals surface area contributed by atoms with Gasteiger partial charge < -0.3 is 10.4 Å². The van der Waals surface area contributed by atoms with Crippen molar-refractivity contribution in [3.05, 3.63) is 24.5 Å². The van der Waals surface area contributed by atoms with E-state index in [9.17, 15) is 9.90 Å². The average Bonchev–Trinajstić information content (AvgIpc) is 2.40. The first kappa shape index (κ1) is 14.0. The van der Waals surface area contributed by atoms with E-state index in [0.29, 0.717) is 6.54 Å². The number of piperidine rings is 1. The molecule has 0 spiro atoms. The van der Waals surface area contributed by atoms with Crippen LogP contribution in [0.25, 0.3) is 0 Å². The second kappa shape index (κ2) is 6.63. The molecule has 0 aromatic carbocycles. The number of anilines is 1. The van der Waals surface area contributed by atoms with Gasteiger partial charge in [-0.1, -0.05) is 6.42 Å². The highest BCUT2D eigenvalue weighted by Crippen LogP contribution is 2.19. The minimum Gasteiger partial charge on any atom is -0.392 e. The molecule has 5 heteroatoms. The van der Waals surface area contributed by atoms with Crippen molar-refractivity contribution < 1.29 is 9.90 Å². The van der Waals surface area contributed by atoms with Crippen LogP contribution in [0.5, 0.6) is 0 Å². The summed E-state index contributed by atoms with van der Waals surface area (Å²) in [6.45, 7) is 3.00. The van der Waals surface area contributed by atoms with Crippen LogP contribution in [0.1, 0.15) is 26.2 Å². The van der Waals surface area contributed by atoms with Crippen LogP contribution in [0, 0.1) is 0 Å². The van der Waals surface area contributed by atoms with Gasteiger partial charge in [0.15, 0.2) is 0 Å². The third kappa shape index (κ3) is 4.01. The molecule has 104 valence electrons. The van der Waals surface area contributed by atoms with Crippen molar-refractivity contribution in [2.45, 2.75) is 38.3 Å². The Bertz CT molecular complexity index is 408. The molecule has 1 aliphatic rings. The second-order valence-electron chi connectivity index (χ2n) is 5.06. The summed E-state index contributed by atoms with van der Waals surface area (Å²) < 4.78 is 0. The normalized spacial score (nSPS) is 21.9. The summed E-state index contributed by atoms with van der Waals surface area (Å²) in [4.78, 5) is 18.0. The van der Waals surface area contributed by atoms with E-state index in [4.69, 9.17) is 0 Å². The molecule has 2 rings (SSSR count). The van der Waals surface area contributed by atoms with E-state index in [1.807, 2.05) is 0 Å². The predicted octanol–water partition coefficient (Wildman–Crippen LogP) is 1.26. The largest absolute Gasteiger partial charge is 0.392 e. The molecule has 2 unspecified atom stereocenters. The maximum Gasteiger partial charge on any atom is 0.238 e. The lowest BCUT2D eigenvalue weighted by Gasteiger charge is -2.36. The topological polar surface area (TPSA) is 65.5 Å². The Morgan fingerprint density at radius 3 is 2.95 bits per heavy atom. The average molecular weight is 263 g/mol. The van der Waals surface area contributed by atoms with Crippen molar-refractivity contribution in [2.24, 2.45) is 0 Å². The third-order valence-electron chi connectivity index (χ3n) is 3.53. The summed E-state index contributed by atoms with van der Waals surface area (Å²) in [6, 6.07) is 3.62. The molecule has 1 fully saturated rings. The summed E-state index contributed by atoms with van der Waals surface area (Å²) in [6.07, 6.45) is 6.07. The van der Waals surface area contributed by atoms with Crippen molar-refractivity contribution in [1.82, 2.24) is 9.88 Å². The van der Waals surface area contributed by atoms with Crippen molar-refractivity contribution in [3.8, 4) is 0 Å². The van der Waals surface area contributed by atoms with Gasteiger partial charge in [0, 0.05) is 24.1 Å². The lowest BCUT2D eigenvalue weighted by molar-refractivity contribution is -0.118. The van der Waals surface area contributed by atoms with Gasteiger partial charge in [0.1, 0.15) is 0 Å². The number of rotatable bonds is 4. The van der Waals surface area contributed by atoms with Crippen LogP contribution < -0.4 is 5.32 Å². The Labute approximate surface area is 113 Å². The molecule has 0 radical (unpaired) electrons. The van der Waals surface area contributed by atoms with Crippen LogP contribution in [0.4, 0.5) is 5.69 Å². The van der Waals surface area contributed by atoms with Gasteiger partial charge in [-0.2, -0.15) is 0 Å². The zero-order valence-electron chi connectivity index (χ0n) is 11.2. The first-order valence-electron chi connectivity index (χ1n) is 6.79. The minimum atomic E-state index is -0.394. The number of carbonyl (C=O) groups is 1. The van der Waals surface area contributed by atoms with Crippen LogP contribution in [-0.2, 0) is 4.79 Å². The fourth-order valence-corrected chi connectivity index (χ4v) is 2.58. The molecule has 5 nitrogen and oxygen atoms in total. The van der Waals surface area contributed by atoms with Crippen LogP contribution in [0.15, 0.2) is 24.5 Å². The van der Waals surface area contributed by atoms with E-state index in [2.05, 4.69) is 15.2 Å². The number of hydrogen-bond donors (Lipinski definition) is 2. The molecule has 1 amide bonds. The van der Waals surface area contributed by atoms with Crippen LogP contribution >= 0.6 is 0 Å². The van der Waals surface area contributed by atoms with Gasteiger partial charge in [-0.15, -0.1) is 0 Å². The first-order chi connectivity index (χ1) is 9.16. The molecule has 0 saturated carbocycles. The zero-order valence-corrected chi connectivity index (χ0v) is 11.2. The Hall–Kier alpha value is -1.46. The SMILES string of the molecule is CC(O)C1CCCCN1CC(=O)Nc1ccncc1. The highest BCUT2D eigenvalue weighted by atomic mass is 16.3. The predicted molar refractivity (Wildman–Crippen MR) is 73.8 cm³/mol. The fourth-order valence-electron chi connectivity index (χ4n) is 2.58. The summed E-state index contributed by atoms with van der Waals surface area (Å²) >= 11 is 0. The van der Waals surface area contributed by atoms with Gasteiger partial charge >= 0.3 is 0 Å². The first-order valence-corrected chi connectivity index (χ1v) is 6.79. The Kier molecular flexibility index (Phi) is 4.87. The molecule has 1 aliphatic heterocycles. The molecule has 2 atom stereocenters. The number of carbonyl (C=O) groups excluding carboxylic acids is 1. The number of amides is 1. The Morgan fingerprint density at radius 1 is 1.53 bits per heavy atom. The van der Waals surface area contributed by atoms with Crippen LogP contribution in [0.3, 0.4) is 0 Å². The fraction of sp³-hybridized carbons (Fsp3) is 0.571. The van der Waals surface area contributed by atoms with Crippen molar-refractivity contribution in [2.75, 3.05) is 18.4 Å². The molecular formula is C14H21N3O2. The highest BCUT2D eigenvalue weighted by Gasteiger charge is 2.27. The summed E-state index contributed by atoms with van der Waals surface area (Å²) in [5, 5.41) is 12.6. The lowest BCUT2D eigenvalue weighted by atomic mass is 9.98. The van der Waals surface area contributed by atoms with Gasteiger partial charge in [0.2, 0.25) is 5.91 Å². The molecule has 2 N–H and O–H groups in total. The van der Waals surface area contributed by atoms with Crippen LogP contribution in [0.2, 0.25) is 0 Å². The van der Waals surface area contributed by atoms with E-state index >= 15 is 0 Å². The molecule has 0 aliphatic carbocycles. The third-order valence-corrected chi connectivity index (χ3v) is 3.53. The monoisotopic (exact) mass is 263 g/mol. The van der Waals surface area contributed by atoms with Gasteiger partial charge in [-0.3, -0.25) is 14.7 Å². The van der Waals surface area contributed by atoms with Crippen molar-refractivity contribution >= 4 is 11.6 Å². The van der Waals surface area contributed by atoms with Crippen molar-refractivity contribution in [3.63, 3.8) is 0 Å².